The lowest BCUT2D eigenvalue weighted by Crippen LogP contribution is -2.08. The Kier molecular flexibility index (Phi) is 4.51. The van der Waals surface area contributed by atoms with Crippen LogP contribution >= 0.6 is 15.9 Å². The molecule has 0 heterocycles. The number of hydrogen-bond donors (Lipinski definition) is 1. The van der Waals surface area contributed by atoms with Crippen LogP contribution in [0.2, 0.25) is 0 Å². The van der Waals surface area contributed by atoms with E-state index in [1.807, 2.05) is 0 Å². The summed E-state index contributed by atoms with van der Waals surface area (Å²) in [5, 5.41) is 2.54. The average molecular weight is 366 g/mol. The highest BCUT2D eigenvalue weighted by Gasteiger charge is 2.31. The summed E-state index contributed by atoms with van der Waals surface area (Å²) in [6.07, 6.45) is -4.55. The van der Waals surface area contributed by atoms with Gasteiger partial charge < -0.3 is 5.32 Å². The molecule has 2 aromatic rings. The second-order valence-electron chi connectivity index (χ2n) is 4.28. The van der Waals surface area contributed by atoms with Gasteiger partial charge in [-0.1, -0.05) is 15.9 Å². The van der Waals surface area contributed by atoms with E-state index in [0.29, 0.717) is 22.2 Å². The first kappa shape index (κ1) is 15.8. The fourth-order valence-electron chi connectivity index (χ4n) is 1.71. The molecular formula is C14H9BrF5N. The minimum Gasteiger partial charge on any atom is -0.379 e. The number of alkyl halides is 3. The number of halogens is 6. The first-order chi connectivity index (χ1) is 9.77. The first-order valence-electron chi connectivity index (χ1n) is 5.82. The summed E-state index contributed by atoms with van der Waals surface area (Å²) in [7, 11) is 0. The van der Waals surface area contributed by atoms with Crippen LogP contribution in [0.5, 0.6) is 0 Å². The van der Waals surface area contributed by atoms with Gasteiger partial charge in [0.2, 0.25) is 0 Å². The molecule has 0 fully saturated rings. The van der Waals surface area contributed by atoms with E-state index in [1.165, 1.54) is 18.2 Å². The molecule has 112 valence electrons. The van der Waals surface area contributed by atoms with E-state index in [0.717, 1.165) is 6.07 Å². The monoisotopic (exact) mass is 365 g/mol. The Morgan fingerprint density at radius 3 is 2.38 bits per heavy atom. The van der Waals surface area contributed by atoms with E-state index in [-0.39, 0.29) is 12.2 Å². The summed E-state index contributed by atoms with van der Waals surface area (Å²) in [5.74, 6) is -1.30. The molecule has 2 rings (SSSR count). The molecule has 1 nitrogen and oxygen atoms in total. The Morgan fingerprint density at radius 1 is 1.00 bits per heavy atom. The van der Waals surface area contributed by atoms with E-state index in [4.69, 9.17) is 0 Å². The SMILES string of the molecule is Fc1ccc(Br)c(CNc2cc(C(F)(F)F)ccc2F)c1. The van der Waals surface area contributed by atoms with Crippen molar-refractivity contribution >= 4 is 21.6 Å². The van der Waals surface area contributed by atoms with Crippen LogP contribution in [-0.4, -0.2) is 0 Å². The molecule has 0 unspecified atom stereocenters. The van der Waals surface area contributed by atoms with Gasteiger partial charge in [0.15, 0.2) is 0 Å². The minimum absolute atomic E-state index is 0.0173. The Bertz CT molecular complexity index is 654. The van der Waals surface area contributed by atoms with Gasteiger partial charge in [0.05, 0.1) is 11.3 Å². The van der Waals surface area contributed by atoms with Crippen molar-refractivity contribution in [2.45, 2.75) is 12.7 Å². The lowest BCUT2D eigenvalue weighted by Gasteiger charge is -2.12. The Morgan fingerprint density at radius 2 is 1.71 bits per heavy atom. The molecule has 1 N–H and O–H groups in total. The molecule has 0 atom stereocenters. The maximum Gasteiger partial charge on any atom is 0.416 e. The van der Waals surface area contributed by atoms with Crippen molar-refractivity contribution in [3.8, 4) is 0 Å². The molecule has 0 aromatic heterocycles. The Hall–Kier alpha value is -1.63. The summed E-state index contributed by atoms with van der Waals surface area (Å²) in [5.41, 5.74) is -0.780. The van der Waals surface area contributed by atoms with Crippen molar-refractivity contribution in [2.75, 3.05) is 5.32 Å². The van der Waals surface area contributed by atoms with Gasteiger partial charge in [-0.3, -0.25) is 0 Å². The molecule has 0 saturated heterocycles. The predicted octanol–water partition coefficient (Wildman–Crippen LogP) is 5.36. The van der Waals surface area contributed by atoms with Crippen LogP contribution in [0.4, 0.5) is 27.6 Å². The summed E-state index contributed by atoms with van der Waals surface area (Å²) < 4.78 is 64.9. The lowest BCUT2D eigenvalue weighted by atomic mass is 10.1. The molecule has 0 bridgehead atoms. The highest BCUT2D eigenvalue weighted by atomic mass is 79.9. The first-order valence-corrected chi connectivity index (χ1v) is 6.61. The molecule has 21 heavy (non-hydrogen) atoms. The second-order valence-corrected chi connectivity index (χ2v) is 5.14. The van der Waals surface area contributed by atoms with Crippen LogP contribution in [0.25, 0.3) is 0 Å². The molecule has 0 radical (unpaired) electrons. The van der Waals surface area contributed by atoms with Gasteiger partial charge in [-0.2, -0.15) is 13.2 Å². The van der Waals surface area contributed by atoms with Crippen molar-refractivity contribution in [2.24, 2.45) is 0 Å². The Balaban J connectivity index is 2.22. The number of nitrogens with one attached hydrogen (secondary N) is 1. The lowest BCUT2D eigenvalue weighted by molar-refractivity contribution is -0.137. The highest BCUT2D eigenvalue weighted by molar-refractivity contribution is 9.10. The molecule has 0 aliphatic carbocycles. The van der Waals surface area contributed by atoms with Gasteiger partial charge in [-0.25, -0.2) is 8.78 Å². The van der Waals surface area contributed by atoms with E-state index in [2.05, 4.69) is 21.2 Å². The Labute approximate surface area is 125 Å². The third-order valence-electron chi connectivity index (χ3n) is 2.77. The van der Waals surface area contributed by atoms with Gasteiger partial charge >= 0.3 is 6.18 Å². The van der Waals surface area contributed by atoms with E-state index >= 15 is 0 Å². The fourth-order valence-corrected chi connectivity index (χ4v) is 2.09. The molecule has 0 spiro atoms. The van der Waals surface area contributed by atoms with Crippen LogP contribution in [-0.2, 0) is 12.7 Å². The molecule has 0 saturated carbocycles. The van der Waals surface area contributed by atoms with Gasteiger partial charge in [0, 0.05) is 11.0 Å². The van der Waals surface area contributed by atoms with Gasteiger partial charge in [-0.05, 0) is 42.0 Å². The zero-order chi connectivity index (χ0) is 15.6. The maximum atomic E-state index is 13.5. The number of hydrogen-bond acceptors (Lipinski definition) is 1. The number of benzene rings is 2. The fraction of sp³-hybridized carbons (Fsp3) is 0.143. The summed E-state index contributed by atoms with van der Waals surface area (Å²) in [6.45, 7) is -0.0173. The summed E-state index contributed by atoms with van der Waals surface area (Å²) in [4.78, 5) is 0. The smallest absolute Gasteiger partial charge is 0.379 e. The van der Waals surface area contributed by atoms with Crippen LogP contribution in [0.3, 0.4) is 0 Å². The van der Waals surface area contributed by atoms with Gasteiger partial charge in [-0.15, -0.1) is 0 Å². The van der Waals surface area contributed by atoms with Crippen LogP contribution in [0, 0.1) is 11.6 Å². The quantitative estimate of drug-likeness (QED) is 0.722. The standard InChI is InChI=1S/C14H9BrF5N/c15-11-3-2-10(16)5-8(11)7-21-13-6-9(14(18,19)20)1-4-12(13)17/h1-6,21H,7H2. The van der Waals surface area contributed by atoms with Crippen molar-refractivity contribution < 1.29 is 22.0 Å². The van der Waals surface area contributed by atoms with Crippen molar-refractivity contribution in [3.63, 3.8) is 0 Å². The summed E-state index contributed by atoms with van der Waals surface area (Å²) in [6, 6.07) is 6.00. The number of rotatable bonds is 3. The predicted molar refractivity (Wildman–Crippen MR) is 72.8 cm³/mol. The van der Waals surface area contributed by atoms with E-state index in [1.54, 1.807) is 0 Å². The highest BCUT2D eigenvalue weighted by Crippen LogP contribution is 2.32. The van der Waals surface area contributed by atoms with Gasteiger partial charge in [0.25, 0.3) is 0 Å². The summed E-state index contributed by atoms with van der Waals surface area (Å²) >= 11 is 3.19. The third kappa shape index (κ3) is 3.93. The molecule has 7 heteroatoms. The van der Waals surface area contributed by atoms with Crippen LogP contribution < -0.4 is 5.32 Å². The van der Waals surface area contributed by atoms with Crippen molar-refractivity contribution in [3.05, 3.63) is 63.6 Å². The molecule has 0 aliphatic heterocycles. The normalized spacial score (nSPS) is 11.5. The zero-order valence-electron chi connectivity index (χ0n) is 10.4. The van der Waals surface area contributed by atoms with Gasteiger partial charge in [0.1, 0.15) is 11.6 Å². The average Bonchev–Trinajstić information content (AvgIpc) is 2.40. The molecule has 0 aliphatic rings. The van der Waals surface area contributed by atoms with Crippen molar-refractivity contribution in [1.29, 1.82) is 0 Å². The largest absolute Gasteiger partial charge is 0.416 e. The van der Waals surface area contributed by atoms with Crippen molar-refractivity contribution in [1.82, 2.24) is 0 Å². The molecule has 0 amide bonds. The van der Waals surface area contributed by atoms with E-state index in [9.17, 15) is 22.0 Å². The van der Waals surface area contributed by atoms with Crippen LogP contribution in [0.1, 0.15) is 11.1 Å². The zero-order valence-corrected chi connectivity index (χ0v) is 12.0. The second kappa shape index (κ2) is 6.01. The van der Waals surface area contributed by atoms with Crippen LogP contribution in [0.15, 0.2) is 40.9 Å². The molecular weight excluding hydrogens is 357 g/mol. The minimum atomic E-state index is -4.55. The number of anilines is 1. The topological polar surface area (TPSA) is 12.0 Å². The maximum absolute atomic E-state index is 13.5. The van der Waals surface area contributed by atoms with E-state index < -0.39 is 23.4 Å². The molecule has 2 aromatic carbocycles. The third-order valence-corrected chi connectivity index (χ3v) is 3.54.